The largest absolute Gasteiger partial charge is 0.493 e. The summed E-state index contributed by atoms with van der Waals surface area (Å²) in [4.78, 5) is 12.0. The van der Waals surface area contributed by atoms with Crippen LogP contribution in [0.4, 0.5) is 4.39 Å². The van der Waals surface area contributed by atoms with Crippen LogP contribution in [0.25, 0.3) is 0 Å². The Bertz CT molecular complexity index is 647. The molecule has 0 radical (unpaired) electrons. The molecule has 21 heavy (non-hydrogen) atoms. The van der Waals surface area contributed by atoms with Crippen molar-refractivity contribution in [2.75, 3.05) is 6.61 Å². The molecule has 0 aromatic heterocycles. The molecular formula is C18H17FO2. The van der Waals surface area contributed by atoms with E-state index >= 15 is 0 Å². The van der Waals surface area contributed by atoms with Gasteiger partial charge in [0, 0.05) is 19.3 Å². The van der Waals surface area contributed by atoms with Crippen molar-refractivity contribution in [3.8, 4) is 5.75 Å². The fourth-order valence-corrected chi connectivity index (χ4v) is 2.60. The van der Waals surface area contributed by atoms with Crippen LogP contribution < -0.4 is 4.74 Å². The molecule has 2 aromatic carbocycles. The summed E-state index contributed by atoms with van der Waals surface area (Å²) in [6.45, 7) is 0.752. The molecule has 1 aliphatic rings. The van der Waals surface area contributed by atoms with E-state index in [-0.39, 0.29) is 11.6 Å². The number of hydrogen-bond acceptors (Lipinski definition) is 2. The molecule has 0 aliphatic carbocycles. The molecule has 1 heterocycles. The van der Waals surface area contributed by atoms with E-state index in [9.17, 15) is 9.18 Å². The van der Waals surface area contributed by atoms with Crippen LogP contribution in [0.15, 0.2) is 42.5 Å². The molecule has 0 spiro atoms. The normalized spacial score (nSPS) is 12.8. The molecular weight excluding hydrogens is 267 g/mol. The second-order valence-corrected chi connectivity index (χ2v) is 5.38. The van der Waals surface area contributed by atoms with E-state index in [0.29, 0.717) is 12.8 Å². The minimum atomic E-state index is -0.272. The Morgan fingerprint density at radius 3 is 2.67 bits per heavy atom. The predicted molar refractivity (Wildman–Crippen MR) is 79.1 cm³/mol. The van der Waals surface area contributed by atoms with Crippen LogP contribution in [-0.2, 0) is 24.1 Å². The maximum atomic E-state index is 12.8. The summed E-state index contributed by atoms with van der Waals surface area (Å²) in [6, 6.07) is 12.3. The molecule has 0 N–H and O–H groups in total. The monoisotopic (exact) mass is 284 g/mol. The van der Waals surface area contributed by atoms with Crippen molar-refractivity contribution in [3.63, 3.8) is 0 Å². The van der Waals surface area contributed by atoms with Gasteiger partial charge in [-0.2, -0.15) is 0 Å². The number of ether oxygens (including phenoxy) is 1. The van der Waals surface area contributed by atoms with Gasteiger partial charge in [-0.05, 0) is 41.3 Å². The Labute approximate surface area is 123 Å². The van der Waals surface area contributed by atoms with Gasteiger partial charge in [0.2, 0.25) is 0 Å². The molecule has 0 atom stereocenters. The highest BCUT2D eigenvalue weighted by molar-refractivity contribution is 5.81. The van der Waals surface area contributed by atoms with Gasteiger partial charge in [-0.3, -0.25) is 4.79 Å². The van der Waals surface area contributed by atoms with Crippen LogP contribution in [0.5, 0.6) is 5.75 Å². The van der Waals surface area contributed by atoms with Gasteiger partial charge in [0.25, 0.3) is 0 Å². The minimum absolute atomic E-state index is 0.179. The topological polar surface area (TPSA) is 26.3 Å². The molecule has 1 aliphatic heterocycles. The summed E-state index contributed by atoms with van der Waals surface area (Å²) < 4.78 is 18.3. The Balaban J connectivity index is 1.55. The molecule has 108 valence electrons. The Kier molecular flexibility index (Phi) is 4.00. The number of carbonyl (C=O) groups excluding carboxylic acids is 1. The summed E-state index contributed by atoms with van der Waals surface area (Å²) in [7, 11) is 0. The number of halogens is 1. The smallest absolute Gasteiger partial charge is 0.137 e. The Hall–Kier alpha value is -2.16. The van der Waals surface area contributed by atoms with Gasteiger partial charge in [0.05, 0.1) is 6.61 Å². The van der Waals surface area contributed by atoms with Gasteiger partial charge in [-0.25, -0.2) is 4.39 Å². The fraction of sp³-hybridized carbons (Fsp3) is 0.278. The first kappa shape index (κ1) is 13.8. The zero-order chi connectivity index (χ0) is 14.7. The number of Topliss-reactive ketones (excluding diaryl/α,β-unsaturated/α-hetero) is 1. The third-order valence-electron chi connectivity index (χ3n) is 3.76. The highest BCUT2D eigenvalue weighted by Crippen LogP contribution is 2.26. The van der Waals surface area contributed by atoms with Crippen molar-refractivity contribution in [3.05, 3.63) is 65.0 Å². The van der Waals surface area contributed by atoms with E-state index in [2.05, 4.69) is 6.07 Å². The van der Waals surface area contributed by atoms with Gasteiger partial charge in [0.1, 0.15) is 17.3 Å². The van der Waals surface area contributed by atoms with Crippen molar-refractivity contribution < 1.29 is 13.9 Å². The first-order valence-corrected chi connectivity index (χ1v) is 7.21. The standard InChI is InChI=1S/C18H17FO2/c19-16-5-1-14(2-6-16)12-17(20)7-3-13-4-8-18-15(11-13)9-10-21-18/h1-2,4-6,8,11H,3,7,9-10,12H2. The molecule has 0 unspecified atom stereocenters. The molecule has 3 rings (SSSR count). The van der Waals surface area contributed by atoms with E-state index in [4.69, 9.17) is 4.74 Å². The number of rotatable bonds is 5. The lowest BCUT2D eigenvalue weighted by molar-refractivity contribution is -0.118. The quantitative estimate of drug-likeness (QED) is 0.840. The number of carbonyl (C=O) groups is 1. The van der Waals surface area contributed by atoms with Crippen molar-refractivity contribution >= 4 is 5.78 Å². The average Bonchev–Trinajstić information content (AvgIpc) is 2.95. The molecule has 0 saturated heterocycles. The lowest BCUT2D eigenvalue weighted by Crippen LogP contribution is -2.04. The van der Waals surface area contributed by atoms with Crippen molar-refractivity contribution in [2.24, 2.45) is 0 Å². The second-order valence-electron chi connectivity index (χ2n) is 5.38. The maximum absolute atomic E-state index is 12.8. The summed E-state index contributed by atoms with van der Waals surface area (Å²) in [5.41, 5.74) is 3.27. The first-order chi connectivity index (χ1) is 10.2. The molecule has 0 bridgehead atoms. The van der Waals surface area contributed by atoms with E-state index in [0.717, 1.165) is 30.8 Å². The highest BCUT2D eigenvalue weighted by Gasteiger charge is 2.12. The molecule has 2 nitrogen and oxygen atoms in total. The van der Waals surface area contributed by atoms with E-state index in [1.165, 1.54) is 23.3 Å². The van der Waals surface area contributed by atoms with E-state index in [1.54, 1.807) is 12.1 Å². The zero-order valence-electron chi connectivity index (χ0n) is 11.8. The first-order valence-electron chi connectivity index (χ1n) is 7.21. The molecule has 0 saturated carbocycles. The van der Waals surface area contributed by atoms with Crippen molar-refractivity contribution in [1.82, 2.24) is 0 Å². The van der Waals surface area contributed by atoms with Crippen LogP contribution in [0.2, 0.25) is 0 Å². The molecule has 0 fully saturated rings. The fourth-order valence-electron chi connectivity index (χ4n) is 2.60. The average molecular weight is 284 g/mol. The maximum Gasteiger partial charge on any atom is 0.137 e. The predicted octanol–water partition coefficient (Wildman–Crippen LogP) is 3.51. The Morgan fingerprint density at radius 2 is 1.86 bits per heavy atom. The number of hydrogen-bond donors (Lipinski definition) is 0. The number of benzene rings is 2. The third kappa shape index (κ3) is 3.48. The number of aryl methyl sites for hydroxylation is 1. The van der Waals surface area contributed by atoms with Crippen LogP contribution in [-0.4, -0.2) is 12.4 Å². The second kappa shape index (κ2) is 6.08. The highest BCUT2D eigenvalue weighted by atomic mass is 19.1. The Morgan fingerprint density at radius 1 is 1.10 bits per heavy atom. The summed E-state index contributed by atoms with van der Waals surface area (Å²) >= 11 is 0. The van der Waals surface area contributed by atoms with Gasteiger partial charge in [-0.15, -0.1) is 0 Å². The summed E-state index contributed by atoms with van der Waals surface area (Å²) in [5.74, 6) is 0.876. The van der Waals surface area contributed by atoms with Crippen LogP contribution in [0.3, 0.4) is 0 Å². The van der Waals surface area contributed by atoms with Crippen LogP contribution in [0.1, 0.15) is 23.1 Å². The van der Waals surface area contributed by atoms with Gasteiger partial charge in [-0.1, -0.05) is 24.3 Å². The third-order valence-corrected chi connectivity index (χ3v) is 3.76. The van der Waals surface area contributed by atoms with Gasteiger partial charge >= 0.3 is 0 Å². The SMILES string of the molecule is O=C(CCc1ccc2c(c1)CCO2)Cc1ccc(F)cc1. The van der Waals surface area contributed by atoms with Gasteiger partial charge in [0.15, 0.2) is 0 Å². The van der Waals surface area contributed by atoms with E-state index in [1.807, 2.05) is 12.1 Å². The zero-order valence-corrected chi connectivity index (χ0v) is 11.8. The lowest BCUT2D eigenvalue weighted by Gasteiger charge is -2.04. The number of fused-ring (bicyclic) bond motifs is 1. The summed E-state index contributed by atoms with van der Waals surface area (Å²) in [5, 5.41) is 0. The van der Waals surface area contributed by atoms with E-state index < -0.39 is 0 Å². The number of ketones is 1. The molecule has 2 aromatic rings. The van der Waals surface area contributed by atoms with Gasteiger partial charge < -0.3 is 4.74 Å². The summed E-state index contributed by atoms with van der Waals surface area (Å²) in [6.07, 6.45) is 2.57. The van der Waals surface area contributed by atoms with Crippen molar-refractivity contribution in [2.45, 2.75) is 25.7 Å². The molecule has 3 heteroatoms. The molecule has 0 amide bonds. The lowest BCUT2D eigenvalue weighted by atomic mass is 10.0. The van der Waals surface area contributed by atoms with Crippen LogP contribution in [0, 0.1) is 5.82 Å². The van der Waals surface area contributed by atoms with Crippen LogP contribution >= 0.6 is 0 Å². The minimum Gasteiger partial charge on any atom is -0.493 e. The van der Waals surface area contributed by atoms with Crippen molar-refractivity contribution in [1.29, 1.82) is 0 Å².